The zero-order chi connectivity index (χ0) is 14.5. The van der Waals surface area contributed by atoms with Gasteiger partial charge in [0.05, 0.1) is 4.92 Å². The predicted molar refractivity (Wildman–Crippen MR) is 73.2 cm³/mol. The molecule has 1 heterocycles. The van der Waals surface area contributed by atoms with Gasteiger partial charge in [-0.2, -0.15) is 0 Å². The van der Waals surface area contributed by atoms with Crippen molar-refractivity contribution >= 4 is 5.69 Å². The van der Waals surface area contributed by atoms with Crippen molar-refractivity contribution < 1.29 is 9.66 Å². The third-order valence-corrected chi connectivity index (χ3v) is 2.97. The molecular weight excluding hydrogens is 260 g/mol. The van der Waals surface area contributed by atoms with Crippen molar-refractivity contribution in [3.8, 4) is 5.75 Å². The Kier molecular flexibility index (Phi) is 4.31. The fraction of sp³-hybridized carbons (Fsp3) is 0.308. The molecule has 1 aromatic carbocycles. The monoisotopic (exact) mass is 276 g/mol. The van der Waals surface area contributed by atoms with Crippen LogP contribution in [-0.2, 0) is 19.7 Å². The topological polar surface area (TPSA) is 96.2 Å². The van der Waals surface area contributed by atoms with E-state index in [9.17, 15) is 10.1 Å². The first-order chi connectivity index (χ1) is 9.65. The molecule has 1 aromatic heterocycles. The molecule has 0 aliphatic heterocycles. The summed E-state index contributed by atoms with van der Waals surface area (Å²) in [6.07, 6.45) is 3.58. The average molecular weight is 276 g/mol. The van der Waals surface area contributed by atoms with Crippen LogP contribution in [-0.4, -0.2) is 14.5 Å². The molecule has 106 valence electrons. The Bertz CT molecular complexity index is 609. The minimum atomic E-state index is -0.452. The molecular formula is C13H16N4O3. The normalized spacial score (nSPS) is 10.5. The van der Waals surface area contributed by atoms with Crippen LogP contribution >= 0.6 is 0 Å². The first-order valence-corrected chi connectivity index (χ1v) is 6.26. The second kappa shape index (κ2) is 6.16. The molecule has 0 aliphatic carbocycles. The van der Waals surface area contributed by atoms with Gasteiger partial charge in [-0.3, -0.25) is 10.1 Å². The summed E-state index contributed by atoms with van der Waals surface area (Å²) in [5.74, 6) is 1.34. The molecule has 2 aromatic rings. The SMILES string of the molecule is CCn1ccnc1COc1ccc([N+](=O)[O-])cc1CN. The summed E-state index contributed by atoms with van der Waals surface area (Å²) in [7, 11) is 0. The van der Waals surface area contributed by atoms with E-state index in [0.717, 1.165) is 12.4 Å². The molecule has 0 radical (unpaired) electrons. The molecule has 0 saturated heterocycles. The molecule has 7 nitrogen and oxygen atoms in total. The van der Waals surface area contributed by atoms with Gasteiger partial charge >= 0.3 is 0 Å². The summed E-state index contributed by atoms with van der Waals surface area (Å²) in [4.78, 5) is 14.5. The van der Waals surface area contributed by atoms with Crippen molar-refractivity contribution in [2.45, 2.75) is 26.6 Å². The van der Waals surface area contributed by atoms with Crippen LogP contribution in [0, 0.1) is 10.1 Å². The van der Waals surface area contributed by atoms with Crippen molar-refractivity contribution in [2.24, 2.45) is 5.73 Å². The first kappa shape index (κ1) is 14.0. The maximum Gasteiger partial charge on any atom is 0.270 e. The van der Waals surface area contributed by atoms with E-state index in [0.29, 0.717) is 17.9 Å². The highest BCUT2D eigenvalue weighted by atomic mass is 16.6. The van der Waals surface area contributed by atoms with Gasteiger partial charge in [0.15, 0.2) is 0 Å². The van der Waals surface area contributed by atoms with Gasteiger partial charge in [0.1, 0.15) is 18.2 Å². The van der Waals surface area contributed by atoms with E-state index in [2.05, 4.69) is 4.98 Å². The minimum Gasteiger partial charge on any atom is -0.485 e. The molecule has 2 rings (SSSR count). The number of benzene rings is 1. The number of nitro benzene ring substituents is 1. The predicted octanol–water partition coefficient (Wildman–Crippen LogP) is 1.85. The highest BCUT2D eigenvalue weighted by Crippen LogP contribution is 2.24. The Hall–Kier alpha value is -2.41. The summed E-state index contributed by atoms with van der Waals surface area (Å²) in [6.45, 7) is 3.30. The number of rotatable bonds is 6. The number of hydrogen-bond donors (Lipinski definition) is 1. The van der Waals surface area contributed by atoms with Crippen molar-refractivity contribution in [1.82, 2.24) is 9.55 Å². The fourth-order valence-corrected chi connectivity index (χ4v) is 1.89. The van der Waals surface area contributed by atoms with Crippen LogP contribution < -0.4 is 10.5 Å². The Morgan fingerprint density at radius 1 is 1.50 bits per heavy atom. The number of hydrogen-bond acceptors (Lipinski definition) is 5. The number of nitro groups is 1. The van der Waals surface area contributed by atoms with E-state index >= 15 is 0 Å². The van der Waals surface area contributed by atoms with Gasteiger partial charge < -0.3 is 15.0 Å². The number of aromatic nitrogens is 2. The first-order valence-electron chi connectivity index (χ1n) is 6.26. The van der Waals surface area contributed by atoms with Gasteiger partial charge in [-0.15, -0.1) is 0 Å². The smallest absolute Gasteiger partial charge is 0.270 e. The molecule has 0 amide bonds. The number of ether oxygens (including phenoxy) is 1. The van der Waals surface area contributed by atoms with Crippen molar-refractivity contribution in [3.05, 3.63) is 52.1 Å². The van der Waals surface area contributed by atoms with E-state index in [1.165, 1.54) is 12.1 Å². The van der Waals surface area contributed by atoms with Crippen LogP contribution in [0.4, 0.5) is 5.69 Å². The van der Waals surface area contributed by atoms with Crippen LogP contribution in [0.15, 0.2) is 30.6 Å². The molecule has 0 spiro atoms. The van der Waals surface area contributed by atoms with Gasteiger partial charge in [0, 0.05) is 43.2 Å². The second-order valence-electron chi connectivity index (χ2n) is 4.17. The van der Waals surface area contributed by atoms with E-state index in [1.807, 2.05) is 17.7 Å². The Morgan fingerprint density at radius 2 is 2.30 bits per heavy atom. The fourth-order valence-electron chi connectivity index (χ4n) is 1.89. The van der Waals surface area contributed by atoms with Crippen molar-refractivity contribution in [3.63, 3.8) is 0 Å². The van der Waals surface area contributed by atoms with Gasteiger partial charge in [-0.05, 0) is 13.0 Å². The largest absolute Gasteiger partial charge is 0.485 e. The number of nitrogens with zero attached hydrogens (tertiary/aromatic N) is 3. The number of imidazole rings is 1. The van der Waals surface area contributed by atoms with E-state index in [1.54, 1.807) is 12.3 Å². The number of non-ortho nitro benzene ring substituents is 1. The van der Waals surface area contributed by atoms with E-state index in [-0.39, 0.29) is 12.2 Å². The number of aryl methyl sites for hydroxylation is 1. The summed E-state index contributed by atoms with van der Waals surface area (Å²) >= 11 is 0. The van der Waals surface area contributed by atoms with Gasteiger partial charge in [0.25, 0.3) is 5.69 Å². The van der Waals surface area contributed by atoms with Crippen molar-refractivity contribution in [1.29, 1.82) is 0 Å². The maximum absolute atomic E-state index is 10.7. The Labute approximate surface area is 116 Å². The Morgan fingerprint density at radius 3 is 2.95 bits per heavy atom. The molecule has 2 N–H and O–H groups in total. The van der Waals surface area contributed by atoms with Crippen LogP contribution in [0.2, 0.25) is 0 Å². The van der Waals surface area contributed by atoms with Crippen LogP contribution in [0.1, 0.15) is 18.3 Å². The number of nitrogens with two attached hydrogens (primary N) is 1. The molecule has 0 aliphatic rings. The van der Waals surface area contributed by atoms with Gasteiger partial charge in [-0.1, -0.05) is 0 Å². The summed E-state index contributed by atoms with van der Waals surface area (Å²) in [6, 6.07) is 4.40. The van der Waals surface area contributed by atoms with Crippen LogP contribution in [0.25, 0.3) is 0 Å². The molecule has 0 unspecified atom stereocenters. The summed E-state index contributed by atoms with van der Waals surface area (Å²) < 4.78 is 7.63. The van der Waals surface area contributed by atoms with Gasteiger partial charge in [0.2, 0.25) is 0 Å². The molecule has 20 heavy (non-hydrogen) atoms. The zero-order valence-corrected chi connectivity index (χ0v) is 11.2. The van der Waals surface area contributed by atoms with Crippen LogP contribution in [0.5, 0.6) is 5.75 Å². The lowest BCUT2D eigenvalue weighted by atomic mass is 10.2. The zero-order valence-electron chi connectivity index (χ0n) is 11.2. The molecule has 7 heteroatoms. The average Bonchev–Trinajstić information content (AvgIpc) is 2.92. The Balaban J connectivity index is 2.15. The lowest BCUT2D eigenvalue weighted by Gasteiger charge is -2.10. The summed E-state index contributed by atoms with van der Waals surface area (Å²) in [5, 5.41) is 10.7. The minimum absolute atomic E-state index is 0.00728. The second-order valence-corrected chi connectivity index (χ2v) is 4.17. The lowest BCUT2D eigenvalue weighted by Crippen LogP contribution is -2.08. The third-order valence-electron chi connectivity index (χ3n) is 2.97. The highest BCUT2D eigenvalue weighted by Gasteiger charge is 2.11. The van der Waals surface area contributed by atoms with Crippen LogP contribution in [0.3, 0.4) is 0 Å². The highest BCUT2D eigenvalue weighted by molar-refractivity contribution is 5.43. The lowest BCUT2D eigenvalue weighted by molar-refractivity contribution is -0.384. The quantitative estimate of drug-likeness (QED) is 0.641. The summed E-state index contributed by atoms with van der Waals surface area (Å²) in [5.41, 5.74) is 6.21. The molecule has 0 saturated carbocycles. The maximum atomic E-state index is 10.7. The third kappa shape index (κ3) is 2.94. The molecule has 0 bridgehead atoms. The molecule has 0 fully saturated rings. The van der Waals surface area contributed by atoms with E-state index < -0.39 is 4.92 Å². The molecule has 0 atom stereocenters. The standard InChI is InChI=1S/C13H16N4O3/c1-2-16-6-5-15-13(16)9-20-12-4-3-11(17(18)19)7-10(12)8-14/h3-7H,2,8-9,14H2,1H3. The van der Waals surface area contributed by atoms with Gasteiger partial charge in [-0.25, -0.2) is 4.98 Å². The van der Waals surface area contributed by atoms with E-state index in [4.69, 9.17) is 10.5 Å². The van der Waals surface area contributed by atoms with Crippen molar-refractivity contribution in [2.75, 3.05) is 0 Å².